The molecule has 1 unspecified atom stereocenters. The van der Waals surface area contributed by atoms with E-state index in [4.69, 9.17) is 0 Å². The fourth-order valence-electron chi connectivity index (χ4n) is 10.9. The first-order valence-corrected chi connectivity index (χ1v) is 21.6. The van der Waals surface area contributed by atoms with Gasteiger partial charge in [-0.15, -0.1) is 0 Å². The predicted molar refractivity (Wildman–Crippen MR) is 255 cm³/mol. The molecule has 0 heterocycles. The van der Waals surface area contributed by atoms with Crippen molar-refractivity contribution < 1.29 is 0 Å². The van der Waals surface area contributed by atoms with Gasteiger partial charge >= 0.3 is 0 Å². The second-order valence-corrected chi connectivity index (χ2v) is 18.1. The molecule has 8 aromatic carbocycles. The Labute approximate surface area is 355 Å². The Balaban J connectivity index is 1.01. The lowest BCUT2D eigenvalue weighted by molar-refractivity contribution is 0.655. The number of hydrogen-bond donors (Lipinski definition) is 0. The molecule has 1 heteroatoms. The van der Waals surface area contributed by atoms with Gasteiger partial charge in [0.25, 0.3) is 0 Å². The molecule has 0 bridgehead atoms. The molecule has 11 rings (SSSR count). The van der Waals surface area contributed by atoms with E-state index in [1.165, 1.54) is 94.4 Å². The van der Waals surface area contributed by atoms with Crippen molar-refractivity contribution in [2.45, 2.75) is 51.9 Å². The van der Waals surface area contributed by atoms with Crippen LogP contribution in [0.15, 0.2) is 188 Å². The van der Waals surface area contributed by atoms with Crippen molar-refractivity contribution in [1.82, 2.24) is 0 Å². The molecule has 60 heavy (non-hydrogen) atoms. The monoisotopic (exact) mass is 771 g/mol. The molecule has 0 N–H and O–H groups in total. The Morgan fingerprint density at radius 1 is 0.433 bits per heavy atom. The molecule has 3 aliphatic carbocycles. The highest BCUT2D eigenvalue weighted by Crippen LogP contribution is 2.55. The molecule has 0 spiro atoms. The first kappa shape index (κ1) is 36.4. The smallest absolute Gasteiger partial charge is 0.0465 e. The number of fused-ring (bicyclic) bond motifs is 7. The Bertz CT molecular complexity index is 3070. The summed E-state index contributed by atoms with van der Waals surface area (Å²) in [6.45, 7) is 12.0. The maximum atomic E-state index is 2.44. The molecule has 0 aromatic heterocycles. The molecule has 3 aliphatic rings. The van der Waals surface area contributed by atoms with Crippen molar-refractivity contribution in [2.24, 2.45) is 5.92 Å². The molecular weight excluding hydrogens is 723 g/mol. The van der Waals surface area contributed by atoms with Gasteiger partial charge in [0.15, 0.2) is 0 Å². The number of allylic oxidation sites excluding steroid dienone is 4. The van der Waals surface area contributed by atoms with Crippen LogP contribution in [0.5, 0.6) is 0 Å². The summed E-state index contributed by atoms with van der Waals surface area (Å²) in [5.41, 5.74) is 22.2. The van der Waals surface area contributed by atoms with Crippen molar-refractivity contribution in [1.29, 1.82) is 0 Å². The SMILES string of the molecule is CC1CC=CC(c2ccccc2-c2ccc(N(c3ccccc3)c3ccc4c(c3)C(C)(C)c3ccccc3-4)cc2)=C1c1cccc2c1C(C)(C)c1cc3ccccc3cc1-2. The molecule has 1 nitrogen and oxygen atoms in total. The van der Waals surface area contributed by atoms with Gasteiger partial charge in [0.05, 0.1) is 0 Å². The van der Waals surface area contributed by atoms with Crippen molar-refractivity contribution in [3.05, 3.63) is 221 Å². The average Bonchev–Trinajstić information content (AvgIpc) is 3.65. The number of hydrogen-bond acceptors (Lipinski definition) is 1. The number of rotatable bonds is 6. The molecule has 290 valence electrons. The van der Waals surface area contributed by atoms with E-state index in [0.29, 0.717) is 5.92 Å². The summed E-state index contributed by atoms with van der Waals surface area (Å²) in [6, 6.07) is 65.7. The maximum Gasteiger partial charge on any atom is 0.0465 e. The highest BCUT2D eigenvalue weighted by atomic mass is 15.1. The van der Waals surface area contributed by atoms with Crippen LogP contribution < -0.4 is 4.90 Å². The number of anilines is 3. The summed E-state index contributed by atoms with van der Waals surface area (Å²) in [5.74, 6) is 0.370. The number of nitrogens with zero attached hydrogens (tertiary/aromatic N) is 1. The first-order valence-electron chi connectivity index (χ1n) is 21.6. The molecule has 0 amide bonds. The average molecular weight is 772 g/mol. The number of benzene rings is 8. The Kier molecular flexibility index (Phi) is 8.30. The van der Waals surface area contributed by atoms with E-state index in [-0.39, 0.29) is 10.8 Å². The molecule has 1 atom stereocenters. The minimum atomic E-state index is -0.136. The highest BCUT2D eigenvalue weighted by Gasteiger charge is 2.40. The third kappa shape index (κ3) is 5.52. The van der Waals surface area contributed by atoms with Gasteiger partial charge in [0, 0.05) is 27.9 Å². The van der Waals surface area contributed by atoms with Crippen molar-refractivity contribution >= 4 is 39.0 Å². The third-order valence-corrected chi connectivity index (χ3v) is 13.9. The van der Waals surface area contributed by atoms with Gasteiger partial charge in [0.2, 0.25) is 0 Å². The van der Waals surface area contributed by atoms with Gasteiger partial charge in [-0.25, -0.2) is 0 Å². The Hall–Kier alpha value is -6.70. The van der Waals surface area contributed by atoms with Crippen LogP contribution in [0.4, 0.5) is 17.1 Å². The second kappa shape index (κ2) is 13.7. The van der Waals surface area contributed by atoms with Gasteiger partial charge in [0.1, 0.15) is 0 Å². The van der Waals surface area contributed by atoms with Crippen LogP contribution >= 0.6 is 0 Å². The summed E-state index contributed by atoms with van der Waals surface area (Å²) >= 11 is 0. The quantitative estimate of drug-likeness (QED) is 0.163. The lowest BCUT2D eigenvalue weighted by Gasteiger charge is -2.30. The lowest BCUT2D eigenvalue weighted by atomic mass is 9.73. The van der Waals surface area contributed by atoms with Crippen LogP contribution in [-0.2, 0) is 10.8 Å². The summed E-state index contributed by atoms with van der Waals surface area (Å²) in [4.78, 5) is 2.40. The minimum Gasteiger partial charge on any atom is -0.310 e. The van der Waals surface area contributed by atoms with E-state index in [9.17, 15) is 0 Å². The van der Waals surface area contributed by atoms with Crippen LogP contribution in [-0.4, -0.2) is 0 Å². The normalized spacial score (nSPS) is 16.6. The fraction of sp³-hybridized carbons (Fsp3) is 0.153. The van der Waals surface area contributed by atoms with E-state index in [2.05, 4.69) is 228 Å². The largest absolute Gasteiger partial charge is 0.310 e. The van der Waals surface area contributed by atoms with Crippen LogP contribution in [0.25, 0.3) is 55.3 Å². The minimum absolute atomic E-state index is 0.0787. The molecular formula is C59H49N. The van der Waals surface area contributed by atoms with Crippen molar-refractivity contribution in [3.63, 3.8) is 0 Å². The van der Waals surface area contributed by atoms with Gasteiger partial charge in [-0.05, 0) is 150 Å². The van der Waals surface area contributed by atoms with Gasteiger partial charge in [-0.3, -0.25) is 0 Å². The topological polar surface area (TPSA) is 3.24 Å². The Morgan fingerprint density at radius 3 is 1.80 bits per heavy atom. The first-order chi connectivity index (χ1) is 29.2. The highest BCUT2D eigenvalue weighted by molar-refractivity contribution is 6.04. The second-order valence-electron chi connectivity index (χ2n) is 18.1. The molecule has 0 saturated carbocycles. The Morgan fingerprint density at radius 2 is 1.02 bits per heavy atom. The molecule has 0 aliphatic heterocycles. The summed E-state index contributed by atoms with van der Waals surface area (Å²) in [7, 11) is 0. The van der Waals surface area contributed by atoms with Gasteiger partial charge < -0.3 is 4.90 Å². The van der Waals surface area contributed by atoms with E-state index >= 15 is 0 Å². The van der Waals surface area contributed by atoms with Crippen LogP contribution in [0.3, 0.4) is 0 Å². The predicted octanol–water partition coefficient (Wildman–Crippen LogP) is 16.1. The van der Waals surface area contributed by atoms with Crippen LogP contribution in [0.1, 0.15) is 74.4 Å². The maximum absolute atomic E-state index is 2.44. The van der Waals surface area contributed by atoms with E-state index < -0.39 is 0 Å². The zero-order valence-electron chi connectivity index (χ0n) is 35.1. The van der Waals surface area contributed by atoms with Crippen LogP contribution in [0.2, 0.25) is 0 Å². The zero-order valence-corrected chi connectivity index (χ0v) is 35.1. The third-order valence-electron chi connectivity index (χ3n) is 13.9. The fourth-order valence-corrected chi connectivity index (χ4v) is 10.9. The summed E-state index contributed by atoms with van der Waals surface area (Å²) < 4.78 is 0. The molecule has 0 radical (unpaired) electrons. The summed E-state index contributed by atoms with van der Waals surface area (Å²) in [6.07, 6.45) is 5.81. The molecule has 0 fully saturated rings. The lowest BCUT2D eigenvalue weighted by Crippen LogP contribution is -2.19. The zero-order chi connectivity index (χ0) is 40.8. The standard InChI is InChI=1S/C59H49N/c1-38-17-15-25-49(56(38)51-27-16-26-50-52-35-40-18-9-10-19-41(40)36-54(52)59(4,5)57(50)51)46-23-12-11-22-45(46)39-29-31-43(32-30-39)60(42-20-7-6-8-21-42)44-33-34-48-47-24-13-14-28-53(47)58(2,3)55(48)37-44/h6-16,18-38H,17H2,1-5H3. The van der Waals surface area contributed by atoms with Gasteiger partial charge in [-0.1, -0.05) is 174 Å². The van der Waals surface area contributed by atoms with Crippen molar-refractivity contribution in [3.8, 4) is 33.4 Å². The number of para-hydroxylation sites is 1. The summed E-state index contributed by atoms with van der Waals surface area (Å²) in [5, 5.41) is 2.61. The van der Waals surface area contributed by atoms with E-state index in [1.807, 2.05) is 0 Å². The van der Waals surface area contributed by atoms with E-state index in [1.54, 1.807) is 0 Å². The molecule has 8 aromatic rings. The molecule has 0 saturated heterocycles. The van der Waals surface area contributed by atoms with Crippen LogP contribution in [0, 0.1) is 5.92 Å². The van der Waals surface area contributed by atoms with E-state index in [0.717, 1.165) is 17.8 Å². The van der Waals surface area contributed by atoms with Crippen molar-refractivity contribution in [2.75, 3.05) is 4.90 Å². The van der Waals surface area contributed by atoms with Gasteiger partial charge in [-0.2, -0.15) is 0 Å².